The zero-order chi connectivity index (χ0) is 29.0. The number of aryl methyl sites for hydroxylation is 1. The van der Waals surface area contributed by atoms with Gasteiger partial charge in [-0.3, -0.25) is 0 Å². The number of rotatable bonds is 8. The van der Waals surface area contributed by atoms with Gasteiger partial charge in [-0.1, -0.05) is 12.1 Å². The van der Waals surface area contributed by atoms with Gasteiger partial charge in [0.2, 0.25) is 0 Å². The van der Waals surface area contributed by atoms with E-state index in [4.69, 9.17) is 4.98 Å². The van der Waals surface area contributed by atoms with Gasteiger partial charge in [-0.2, -0.15) is 18.3 Å². The fraction of sp³-hybridized carbons (Fsp3) is 0.290. The highest BCUT2D eigenvalue weighted by Gasteiger charge is 2.34. The second-order valence-electron chi connectivity index (χ2n) is 11.1. The quantitative estimate of drug-likeness (QED) is 0.210. The number of alkyl halides is 3. The fourth-order valence-electron chi connectivity index (χ4n) is 5.20. The van der Waals surface area contributed by atoms with Crippen LogP contribution in [0.25, 0.3) is 39.5 Å². The first-order valence-electron chi connectivity index (χ1n) is 13.9. The van der Waals surface area contributed by atoms with Crippen LogP contribution >= 0.6 is 0 Å². The number of benzene rings is 2. The normalized spacial score (nSPS) is 15.4. The standard InChI is InChI=1S/C31H27F4N7/c1-41-17-37-40-30(41)26-13-22(32)5-8-24(26)20-11-28(19-3-4-19)39-29(12-20)42-16-21(15-38-42)25-10-18(14-36-23-6-7-23)2-9-27(25)31(33,34)35/h2,5,8-13,15-17,19,23,36H,3-4,6-7,14H2,1H3. The number of aromatic nitrogens is 6. The minimum Gasteiger partial charge on any atom is -0.317 e. The van der Waals surface area contributed by atoms with Crippen LogP contribution in [0.2, 0.25) is 0 Å². The van der Waals surface area contributed by atoms with Crippen LogP contribution in [-0.4, -0.2) is 35.6 Å². The van der Waals surface area contributed by atoms with E-state index in [2.05, 4.69) is 20.6 Å². The summed E-state index contributed by atoms with van der Waals surface area (Å²) in [5.74, 6) is 0.854. The van der Waals surface area contributed by atoms with Crippen LogP contribution in [0.3, 0.4) is 0 Å². The third kappa shape index (κ3) is 5.32. The van der Waals surface area contributed by atoms with Crippen molar-refractivity contribution in [2.45, 2.75) is 50.4 Å². The number of pyridine rings is 1. The molecule has 7 nitrogen and oxygen atoms in total. The summed E-state index contributed by atoms with van der Waals surface area (Å²) in [4.78, 5) is 4.83. The molecule has 0 unspecified atom stereocenters. The van der Waals surface area contributed by atoms with Crippen molar-refractivity contribution in [1.29, 1.82) is 0 Å². The van der Waals surface area contributed by atoms with Gasteiger partial charge in [-0.15, -0.1) is 10.2 Å². The number of hydrogen-bond donors (Lipinski definition) is 1. The van der Waals surface area contributed by atoms with Crippen molar-refractivity contribution in [2.75, 3.05) is 0 Å². The molecule has 2 aliphatic rings. The molecule has 1 N–H and O–H groups in total. The SMILES string of the molecule is Cn1cnnc1-c1cc(F)ccc1-c1cc(C2CC2)nc(-n2cc(-c3cc(CNC4CC4)ccc3C(F)(F)F)cn2)c1. The van der Waals surface area contributed by atoms with E-state index in [9.17, 15) is 17.6 Å². The van der Waals surface area contributed by atoms with Crippen molar-refractivity contribution < 1.29 is 17.6 Å². The zero-order valence-electron chi connectivity index (χ0n) is 22.7. The molecule has 2 aliphatic carbocycles. The molecule has 0 amide bonds. The lowest BCUT2D eigenvalue weighted by Crippen LogP contribution is -2.16. The van der Waals surface area contributed by atoms with E-state index in [-0.39, 0.29) is 11.5 Å². The van der Waals surface area contributed by atoms with Crippen LogP contribution in [0.5, 0.6) is 0 Å². The molecule has 42 heavy (non-hydrogen) atoms. The predicted molar refractivity (Wildman–Crippen MR) is 149 cm³/mol. The fourth-order valence-corrected chi connectivity index (χ4v) is 5.20. The maximum absolute atomic E-state index is 14.4. The lowest BCUT2D eigenvalue weighted by molar-refractivity contribution is -0.137. The zero-order valence-corrected chi connectivity index (χ0v) is 22.7. The van der Waals surface area contributed by atoms with Crippen LogP contribution in [0, 0.1) is 5.82 Å². The molecule has 2 fully saturated rings. The van der Waals surface area contributed by atoms with Crippen molar-refractivity contribution in [1.82, 2.24) is 34.8 Å². The molecule has 0 bridgehead atoms. The van der Waals surface area contributed by atoms with E-state index in [1.54, 1.807) is 36.3 Å². The summed E-state index contributed by atoms with van der Waals surface area (Å²) >= 11 is 0. The third-order valence-electron chi connectivity index (χ3n) is 7.76. The summed E-state index contributed by atoms with van der Waals surface area (Å²) in [6.45, 7) is 0.504. The van der Waals surface area contributed by atoms with E-state index >= 15 is 0 Å². The lowest BCUT2D eigenvalue weighted by Gasteiger charge is -2.14. The number of hydrogen-bond acceptors (Lipinski definition) is 5. The van der Waals surface area contributed by atoms with Crippen LogP contribution in [0.15, 0.2) is 67.3 Å². The second-order valence-corrected chi connectivity index (χ2v) is 11.1. The topological polar surface area (TPSA) is 73.5 Å². The first-order chi connectivity index (χ1) is 20.2. The Bertz CT molecular complexity index is 1780. The van der Waals surface area contributed by atoms with Crippen molar-refractivity contribution in [3.63, 3.8) is 0 Å². The van der Waals surface area contributed by atoms with Gasteiger partial charge in [-0.05, 0) is 84.3 Å². The van der Waals surface area contributed by atoms with Gasteiger partial charge in [0.15, 0.2) is 11.6 Å². The third-order valence-corrected chi connectivity index (χ3v) is 7.76. The summed E-state index contributed by atoms with van der Waals surface area (Å²) in [6.07, 6.45) is 4.23. The van der Waals surface area contributed by atoms with Crippen molar-refractivity contribution in [3.8, 4) is 39.5 Å². The number of nitrogens with one attached hydrogen (secondary N) is 1. The molecule has 11 heteroatoms. The Kier molecular flexibility index (Phi) is 6.41. The van der Waals surface area contributed by atoms with Crippen molar-refractivity contribution >= 4 is 0 Å². The molecule has 0 atom stereocenters. The smallest absolute Gasteiger partial charge is 0.317 e. The van der Waals surface area contributed by atoms with Crippen molar-refractivity contribution in [3.05, 3.63) is 89.9 Å². The highest BCUT2D eigenvalue weighted by molar-refractivity contribution is 5.81. The number of nitrogens with zero attached hydrogens (tertiary/aromatic N) is 6. The molecule has 0 saturated heterocycles. The average molecular weight is 574 g/mol. The molecular formula is C31H27F4N7. The Morgan fingerprint density at radius 3 is 2.48 bits per heavy atom. The molecule has 2 aromatic carbocycles. The molecule has 5 aromatic rings. The van der Waals surface area contributed by atoms with E-state index in [1.165, 1.54) is 29.1 Å². The number of halogens is 4. The Morgan fingerprint density at radius 2 is 1.76 bits per heavy atom. The van der Waals surface area contributed by atoms with E-state index in [1.807, 2.05) is 12.1 Å². The van der Waals surface area contributed by atoms with Gasteiger partial charge in [0.25, 0.3) is 0 Å². The Balaban J connectivity index is 1.31. The van der Waals surface area contributed by atoms with Crippen LogP contribution in [-0.2, 0) is 19.8 Å². The maximum Gasteiger partial charge on any atom is 0.417 e. The first-order valence-corrected chi connectivity index (χ1v) is 13.9. The Hall–Kier alpha value is -4.38. The molecule has 3 heterocycles. The predicted octanol–water partition coefficient (Wildman–Crippen LogP) is 6.68. The molecule has 0 aliphatic heterocycles. The van der Waals surface area contributed by atoms with Gasteiger partial charge < -0.3 is 9.88 Å². The van der Waals surface area contributed by atoms with E-state index in [0.29, 0.717) is 35.4 Å². The molecule has 7 rings (SSSR count). The molecule has 3 aromatic heterocycles. The van der Waals surface area contributed by atoms with E-state index in [0.717, 1.165) is 54.1 Å². The van der Waals surface area contributed by atoms with Gasteiger partial charge in [-0.25, -0.2) is 14.1 Å². The van der Waals surface area contributed by atoms with Crippen LogP contribution < -0.4 is 5.32 Å². The molecule has 2 saturated carbocycles. The summed E-state index contributed by atoms with van der Waals surface area (Å²) < 4.78 is 59.7. The molecule has 214 valence electrons. The van der Waals surface area contributed by atoms with Gasteiger partial charge in [0, 0.05) is 48.6 Å². The van der Waals surface area contributed by atoms with Crippen molar-refractivity contribution in [2.24, 2.45) is 7.05 Å². The summed E-state index contributed by atoms with van der Waals surface area (Å²) in [7, 11) is 1.79. The largest absolute Gasteiger partial charge is 0.417 e. The minimum atomic E-state index is -4.52. The highest BCUT2D eigenvalue weighted by atomic mass is 19.4. The molecular weight excluding hydrogens is 546 g/mol. The average Bonchev–Trinajstić information content (AvgIpc) is 3.90. The van der Waals surface area contributed by atoms with Crippen LogP contribution in [0.1, 0.15) is 48.4 Å². The van der Waals surface area contributed by atoms with Crippen LogP contribution in [0.4, 0.5) is 17.6 Å². The van der Waals surface area contributed by atoms with Gasteiger partial charge >= 0.3 is 6.18 Å². The van der Waals surface area contributed by atoms with Gasteiger partial charge in [0.05, 0.1) is 11.8 Å². The van der Waals surface area contributed by atoms with Gasteiger partial charge in [0.1, 0.15) is 12.1 Å². The summed E-state index contributed by atoms with van der Waals surface area (Å²) in [5.41, 5.74) is 3.43. The Labute approximate surface area is 239 Å². The highest BCUT2D eigenvalue weighted by Crippen LogP contribution is 2.42. The Morgan fingerprint density at radius 1 is 0.929 bits per heavy atom. The molecule has 0 spiro atoms. The lowest BCUT2D eigenvalue weighted by atomic mass is 9.98. The minimum absolute atomic E-state index is 0.0746. The first kappa shape index (κ1) is 26.5. The molecule has 0 radical (unpaired) electrons. The summed E-state index contributed by atoms with van der Waals surface area (Å²) in [6, 6.07) is 13.0. The van der Waals surface area contributed by atoms with E-state index < -0.39 is 17.6 Å². The monoisotopic (exact) mass is 573 g/mol. The summed E-state index contributed by atoms with van der Waals surface area (Å²) in [5, 5.41) is 15.9. The second kappa shape index (κ2) is 10.2. The maximum atomic E-state index is 14.4.